The molecule has 1 amide bonds. The van der Waals surface area contributed by atoms with Crippen LogP contribution in [-0.2, 0) is 15.3 Å². The number of carbonyl (C=O) groups is 2. The Labute approximate surface area is 257 Å². The molecule has 1 aromatic heterocycles. The van der Waals surface area contributed by atoms with Crippen LogP contribution in [0.4, 0.5) is 15.2 Å². The number of thioether (sulfide) groups is 1. The Morgan fingerprint density at radius 1 is 1.07 bits per heavy atom. The molecule has 1 aliphatic heterocycles. The van der Waals surface area contributed by atoms with Gasteiger partial charge in [0.1, 0.15) is 5.76 Å². The van der Waals surface area contributed by atoms with Crippen LogP contribution in [0, 0.1) is 15.9 Å². The van der Waals surface area contributed by atoms with Crippen molar-refractivity contribution in [3.05, 3.63) is 123 Å². The van der Waals surface area contributed by atoms with Gasteiger partial charge in [0.05, 0.1) is 23.6 Å². The Morgan fingerprint density at radius 2 is 1.84 bits per heavy atom. The highest BCUT2D eigenvalue weighted by Gasteiger charge is 2.48. The molecule has 0 bridgehead atoms. The van der Waals surface area contributed by atoms with Crippen LogP contribution in [0.5, 0.6) is 5.75 Å². The lowest BCUT2D eigenvalue weighted by molar-refractivity contribution is -0.384. The van der Waals surface area contributed by atoms with Gasteiger partial charge in [-0.15, -0.1) is 10.2 Å². The minimum absolute atomic E-state index is 0.0592. The third kappa shape index (κ3) is 5.27. The molecule has 1 aliphatic rings. The number of amides is 1. The first-order valence-electron chi connectivity index (χ1n) is 13.1. The molecule has 0 aliphatic carbocycles. The van der Waals surface area contributed by atoms with Gasteiger partial charge in [0.15, 0.2) is 15.9 Å². The number of nitro groups is 1. The van der Waals surface area contributed by atoms with Crippen LogP contribution in [0.3, 0.4) is 0 Å². The summed E-state index contributed by atoms with van der Waals surface area (Å²) in [5, 5.41) is 33.5. The van der Waals surface area contributed by atoms with E-state index >= 15 is 0 Å². The van der Waals surface area contributed by atoms with Gasteiger partial charge in [-0.2, -0.15) is 0 Å². The Kier molecular flexibility index (Phi) is 7.80. The molecule has 1 N–H and O–H groups in total. The topological polar surface area (TPSA) is 136 Å². The number of aliphatic hydroxyl groups excluding tert-OH is 1. The summed E-state index contributed by atoms with van der Waals surface area (Å²) in [6, 6.07) is 21.7. The number of aliphatic hydroxyl groups is 1. The molecule has 1 saturated heterocycles. The van der Waals surface area contributed by atoms with Gasteiger partial charge in [-0.25, -0.2) is 4.39 Å². The van der Waals surface area contributed by atoms with E-state index in [1.54, 1.807) is 0 Å². The standard InChI is InChI=1S/C31H21FN4O6S2/c1-42-24-13-12-19(15-23(24)32)27(37)25-26(18-8-5-10-21(14-18)36(40)41)35(29(39)28(25)38)30-33-34-31(44-30)43-16-20-9-4-7-17-6-2-3-11-22(17)20/h2-15,26,37H,16H2,1H3/b27-25-. The summed E-state index contributed by atoms with van der Waals surface area (Å²) in [5.41, 5.74) is 0.510. The monoisotopic (exact) mass is 628 g/mol. The number of ketones is 1. The number of carbonyl (C=O) groups excluding carboxylic acids is 2. The number of hydrogen-bond acceptors (Lipinski definition) is 10. The van der Waals surface area contributed by atoms with Crippen LogP contribution < -0.4 is 9.64 Å². The maximum absolute atomic E-state index is 14.5. The number of halogens is 1. The number of Topliss-reactive ketones (excluding diaryl/α,β-unsaturated/α-hetero) is 1. The van der Waals surface area contributed by atoms with Crippen molar-refractivity contribution >= 4 is 62.1 Å². The van der Waals surface area contributed by atoms with Gasteiger partial charge >= 0.3 is 5.91 Å². The third-order valence-electron chi connectivity index (χ3n) is 7.10. The predicted octanol–water partition coefficient (Wildman–Crippen LogP) is 6.67. The second-order valence-corrected chi connectivity index (χ2v) is 11.8. The first kappa shape index (κ1) is 29.0. The van der Waals surface area contributed by atoms with Crippen LogP contribution in [0.1, 0.15) is 22.7 Å². The zero-order valence-electron chi connectivity index (χ0n) is 22.8. The van der Waals surface area contributed by atoms with E-state index < -0.39 is 34.2 Å². The molecule has 6 rings (SSSR count). The number of methoxy groups -OCH3 is 1. The summed E-state index contributed by atoms with van der Waals surface area (Å²) in [6.07, 6.45) is 0. The van der Waals surface area contributed by atoms with Gasteiger partial charge in [-0.05, 0) is 40.1 Å². The van der Waals surface area contributed by atoms with Gasteiger partial charge in [-0.1, -0.05) is 77.7 Å². The van der Waals surface area contributed by atoms with E-state index in [0.29, 0.717) is 10.1 Å². The first-order chi connectivity index (χ1) is 21.3. The second-order valence-electron chi connectivity index (χ2n) is 9.65. The van der Waals surface area contributed by atoms with Gasteiger partial charge in [0.25, 0.3) is 11.5 Å². The number of rotatable bonds is 8. The Hall–Kier alpha value is -5.14. The number of nitro benzene ring substituents is 1. The van der Waals surface area contributed by atoms with Crippen molar-refractivity contribution in [3.63, 3.8) is 0 Å². The van der Waals surface area contributed by atoms with Crippen LogP contribution in [-0.4, -0.2) is 39.0 Å². The minimum Gasteiger partial charge on any atom is -0.507 e. The quantitative estimate of drug-likeness (QED) is 0.0380. The number of fused-ring (bicyclic) bond motifs is 1. The molecule has 1 atom stereocenters. The van der Waals surface area contributed by atoms with E-state index in [1.807, 2.05) is 42.5 Å². The molecular formula is C31H21FN4O6S2. The zero-order valence-corrected chi connectivity index (χ0v) is 24.5. The summed E-state index contributed by atoms with van der Waals surface area (Å²) >= 11 is 2.47. The molecule has 220 valence electrons. The van der Waals surface area contributed by atoms with Crippen molar-refractivity contribution in [2.45, 2.75) is 16.1 Å². The van der Waals surface area contributed by atoms with Crippen molar-refractivity contribution in [3.8, 4) is 5.75 Å². The lowest BCUT2D eigenvalue weighted by atomic mass is 9.95. The summed E-state index contributed by atoms with van der Waals surface area (Å²) in [6.45, 7) is 0. The zero-order chi connectivity index (χ0) is 31.0. The molecule has 13 heteroatoms. The summed E-state index contributed by atoms with van der Waals surface area (Å²) in [5.74, 6) is -3.05. The summed E-state index contributed by atoms with van der Waals surface area (Å²) in [7, 11) is 1.28. The normalized spacial score (nSPS) is 16.0. The van der Waals surface area contributed by atoms with E-state index in [9.17, 15) is 29.2 Å². The Bertz CT molecular complexity index is 1990. The van der Waals surface area contributed by atoms with Crippen molar-refractivity contribution in [1.29, 1.82) is 0 Å². The highest BCUT2D eigenvalue weighted by atomic mass is 32.2. The highest BCUT2D eigenvalue weighted by Crippen LogP contribution is 2.45. The van der Waals surface area contributed by atoms with Crippen LogP contribution >= 0.6 is 23.1 Å². The van der Waals surface area contributed by atoms with Crippen LogP contribution in [0.2, 0.25) is 0 Å². The van der Waals surface area contributed by atoms with E-state index in [0.717, 1.165) is 38.6 Å². The molecule has 10 nitrogen and oxygen atoms in total. The van der Waals surface area contributed by atoms with Crippen LogP contribution in [0.25, 0.3) is 16.5 Å². The number of nitrogens with zero attached hydrogens (tertiary/aromatic N) is 4. The first-order valence-corrected chi connectivity index (χ1v) is 14.9. The number of non-ortho nitro benzene ring substituents is 1. The third-order valence-corrected chi connectivity index (χ3v) is 9.20. The summed E-state index contributed by atoms with van der Waals surface area (Å²) in [4.78, 5) is 39.0. The maximum atomic E-state index is 14.5. The fourth-order valence-corrected chi connectivity index (χ4v) is 6.91. The van der Waals surface area contributed by atoms with Crippen molar-refractivity contribution in [2.24, 2.45) is 0 Å². The Balaban J connectivity index is 1.40. The number of aromatic nitrogens is 2. The number of benzene rings is 4. The maximum Gasteiger partial charge on any atom is 0.301 e. The molecule has 0 spiro atoms. The molecule has 0 radical (unpaired) electrons. The fourth-order valence-electron chi connectivity index (χ4n) is 5.04. The molecule has 4 aromatic carbocycles. The average molecular weight is 629 g/mol. The SMILES string of the molecule is COc1ccc(/C(O)=C2/C(=O)C(=O)N(c3nnc(SCc4cccc5ccccc45)s3)C2c2cccc([N+](=O)[O-])c2)cc1F. The van der Waals surface area contributed by atoms with Crippen molar-refractivity contribution in [2.75, 3.05) is 12.0 Å². The lowest BCUT2D eigenvalue weighted by Gasteiger charge is -2.22. The van der Waals surface area contributed by atoms with Gasteiger partial charge in [0, 0.05) is 23.4 Å². The molecule has 2 heterocycles. The molecular weight excluding hydrogens is 607 g/mol. The lowest BCUT2D eigenvalue weighted by Crippen LogP contribution is -2.29. The number of anilines is 1. The molecule has 44 heavy (non-hydrogen) atoms. The van der Waals surface area contributed by atoms with Gasteiger partial charge in [-0.3, -0.25) is 24.6 Å². The molecule has 1 fully saturated rings. The van der Waals surface area contributed by atoms with Crippen molar-refractivity contribution < 1.29 is 28.7 Å². The highest BCUT2D eigenvalue weighted by molar-refractivity contribution is 8.00. The van der Waals surface area contributed by atoms with E-state index in [2.05, 4.69) is 10.2 Å². The van der Waals surface area contributed by atoms with Gasteiger partial charge in [0.2, 0.25) is 5.13 Å². The van der Waals surface area contributed by atoms with E-state index in [1.165, 1.54) is 55.3 Å². The summed E-state index contributed by atoms with van der Waals surface area (Å²) < 4.78 is 20.0. The largest absolute Gasteiger partial charge is 0.507 e. The minimum atomic E-state index is -1.30. The number of ether oxygens (including phenoxy) is 1. The van der Waals surface area contributed by atoms with E-state index in [-0.39, 0.29) is 33.3 Å². The number of hydrogen-bond donors (Lipinski definition) is 1. The predicted molar refractivity (Wildman–Crippen MR) is 164 cm³/mol. The van der Waals surface area contributed by atoms with Crippen LogP contribution in [0.15, 0.2) is 94.8 Å². The van der Waals surface area contributed by atoms with E-state index in [4.69, 9.17) is 4.74 Å². The fraction of sp³-hybridized carbons (Fsp3) is 0.0968. The smallest absolute Gasteiger partial charge is 0.301 e. The van der Waals surface area contributed by atoms with Gasteiger partial charge < -0.3 is 9.84 Å². The molecule has 0 saturated carbocycles. The van der Waals surface area contributed by atoms with Crippen molar-refractivity contribution in [1.82, 2.24) is 10.2 Å². The molecule has 1 unspecified atom stereocenters. The second kappa shape index (κ2) is 11.9. The average Bonchev–Trinajstić information content (AvgIpc) is 3.61. The molecule has 5 aromatic rings. The Morgan fingerprint density at radius 3 is 2.61 bits per heavy atom.